The van der Waals surface area contributed by atoms with Crippen molar-refractivity contribution in [1.82, 2.24) is 0 Å². The van der Waals surface area contributed by atoms with E-state index in [1.807, 2.05) is 11.3 Å². The molecule has 10 aromatic rings. The number of fused-ring (bicyclic) bond motifs is 7. The third kappa shape index (κ3) is 10.7. The average Bonchev–Trinajstić information content (AvgIpc) is 1.68. The van der Waals surface area contributed by atoms with Crippen LogP contribution in [0.3, 0.4) is 0 Å². The summed E-state index contributed by atoms with van der Waals surface area (Å²) in [6.45, 7) is 44.6. The van der Waals surface area contributed by atoms with Crippen LogP contribution in [0.1, 0.15) is 183 Å². The van der Waals surface area contributed by atoms with Gasteiger partial charge in [0.05, 0.1) is 11.4 Å². The summed E-state index contributed by atoms with van der Waals surface area (Å²) in [6, 6.07) is 74.3. The van der Waals surface area contributed by atoms with E-state index < -0.39 is 0 Å². The molecule has 1 aliphatic carbocycles. The third-order valence-electron chi connectivity index (χ3n) is 20.1. The van der Waals surface area contributed by atoms with E-state index in [-0.39, 0.29) is 44.6 Å². The van der Waals surface area contributed by atoms with Crippen LogP contribution in [0.4, 0.5) is 51.2 Å². The minimum absolute atomic E-state index is 0.00336. The predicted molar refractivity (Wildman–Crippen MR) is 390 cm³/mol. The molecule has 5 heteroatoms. The Morgan fingerprint density at radius 1 is 0.404 bits per heavy atom. The molecule has 1 aromatic heterocycles. The molecule has 0 fully saturated rings. The largest absolute Gasteiger partial charge is 0.311 e. The first-order chi connectivity index (χ1) is 41.8. The summed E-state index contributed by atoms with van der Waals surface area (Å²) in [6.07, 6.45) is 2.30. The fourth-order valence-corrected chi connectivity index (χ4v) is 15.7. The first-order valence-corrected chi connectivity index (χ1v) is 33.5. The zero-order valence-electron chi connectivity index (χ0n) is 56.6. The van der Waals surface area contributed by atoms with Gasteiger partial charge in [0.25, 0.3) is 6.71 Å². The number of hydrogen-bond donors (Lipinski definition) is 0. The Morgan fingerprint density at radius 3 is 1.37 bits per heavy atom. The maximum absolute atomic E-state index is 2.66. The fourth-order valence-electron chi connectivity index (χ4n) is 14.4. The fraction of sp³-hybridized carbons (Fsp3) is 0.333. The molecule has 452 valence electrons. The second-order valence-electron chi connectivity index (χ2n) is 32.7. The molecule has 0 radical (unpaired) electrons. The van der Waals surface area contributed by atoms with Crippen molar-refractivity contribution in [3.8, 4) is 22.3 Å². The summed E-state index contributed by atoms with van der Waals surface area (Å²) in [5.74, 6) is 0. The van der Waals surface area contributed by atoms with Crippen LogP contribution in [0.5, 0.6) is 0 Å². The highest BCUT2D eigenvalue weighted by atomic mass is 32.1. The molecule has 0 saturated heterocycles. The summed E-state index contributed by atoms with van der Waals surface area (Å²) in [5.41, 5.74) is 27.5. The highest BCUT2D eigenvalue weighted by molar-refractivity contribution is 7.33. The monoisotopic (exact) mass is 1190 g/mol. The second-order valence-corrected chi connectivity index (χ2v) is 33.7. The van der Waals surface area contributed by atoms with Crippen molar-refractivity contribution >= 4 is 95.0 Å². The van der Waals surface area contributed by atoms with Crippen LogP contribution in [-0.4, -0.2) is 6.71 Å². The van der Waals surface area contributed by atoms with Gasteiger partial charge in [-0.3, -0.25) is 0 Å². The van der Waals surface area contributed by atoms with E-state index in [2.05, 4.69) is 334 Å². The molecular formula is C84H92BN3S. The number of rotatable bonds is 7. The number of thiophene rings is 1. The van der Waals surface area contributed by atoms with Gasteiger partial charge in [-0.15, -0.1) is 11.3 Å². The second kappa shape index (κ2) is 21.0. The van der Waals surface area contributed by atoms with E-state index in [9.17, 15) is 0 Å². The summed E-state index contributed by atoms with van der Waals surface area (Å²) >= 11 is 1.99. The molecule has 0 spiro atoms. The molecule has 3 aliphatic rings. The lowest BCUT2D eigenvalue weighted by Crippen LogP contribution is -2.60. The lowest BCUT2D eigenvalue weighted by atomic mass is 9.36. The van der Waals surface area contributed by atoms with Crippen LogP contribution in [-0.2, 0) is 37.9 Å². The van der Waals surface area contributed by atoms with Gasteiger partial charge in [0.15, 0.2) is 0 Å². The lowest BCUT2D eigenvalue weighted by molar-refractivity contribution is 0.332. The standard InChI is InChI=1S/C84H92BN3S/c1-78(2,3)56-26-35-61(36-27-56)86(62-37-28-57(29-38-62)79(4,5)6)70-52-71-69(51-65(70)54-25-43-67-68(47-54)84(18,19)46-45-83(67,16)17)85-75-72(87(71)63-39-30-58(31-40-63)80(7,8)9)48-55(53-23-21-20-22-24-53)49-73(75)88(64-41-32-59(33-42-64)81(10,11)12)76-66-50-60(82(13,14)15)34-44-74(66)89-77(76)85/h20-44,47-52H,45-46H2,1-19H3. The summed E-state index contributed by atoms with van der Waals surface area (Å²) in [5, 5.41) is 1.30. The molecule has 13 rings (SSSR count). The molecule has 3 nitrogen and oxygen atoms in total. The van der Waals surface area contributed by atoms with E-state index in [0.29, 0.717) is 0 Å². The van der Waals surface area contributed by atoms with Crippen LogP contribution in [0, 0.1) is 0 Å². The highest BCUT2D eigenvalue weighted by Crippen LogP contribution is 2.54. The molecule has 0 N–H and O–H groups in total. The van der Waals surface area contributed by atoms with Crippen LogP contribution in [0.15, 0.2) is 188 Å². The maximum atomic E-state index is 2.66. The molecule has 3 heterocycles. The number of nitrogens with zero attached hydrogens (tertiary/aromatic N) is 3. The molecule has 9 aromatic carbocycles. The molecule has 0 saturated carbocycles. The van der Waals surface area contributed by atoms with Crippen molar-refractivity contribution in [2.75, 3.05) is 14.7 Å². The van der Waals surface area contributed by atoms with Gasteiger partial charge in [0.2, 0.25) is 0 Å². The Hall–Kier alpha value is -7.60. The molecule has 2 aliphatic heterocycles. The predicted octanol–water partition coefficient (Wildman–Crippen LogP) is 22.6. The van der Waals surface area contributed by atoms with E-state index in [0.717, 1.165) is 35.6 Å². The topological polar surface area (TPSA) is 9.72 Å². The van der Waals surface area contributed by atoms with Crippen LogP contribution in [0.25, 0.3) is 32.3 Å². The highest BCUT2D eigenvalue weighted by Gasteiger charge is 2.47. The van der Waals surface area contributed by atoms with Gasteiger partial charge in [0.1, 0.15) is 0 Å². The molecular weight excluding hydrogens is 1090 g/mol. The Bertz CT molecular complexity index is 4300. The van der Waals surface area contributed by atoms with Crippen LogP contribution >= 0.6 is 11.3 Å². The first-order valence-electron chi connectivity index (χ1n) is 32.7. The van der Waals surface area contributed by atoms with Crippen molar-refractivity contribution in [2.45, 2.75) is 182 Å². The van der Waals surface area contributed by atoms with Gasteiger partial charge in [-0.25, -0.2) is 0 Å². The first kappa shape index (κ1) is 60.3. The van der Waals surface area contributed by atoms with E-state index in [4.69, 9.17) is 0 Å². The van der Waals surface area contributed by atoms with Crippen molar-refractivity contribution in [1.29, 1.82) is 0 Å². The number of benzene rings is 9. The normalized spacial score (nSPS) is 15.4. The lowest BCUT2D eigenvalue weighted by Gasteiger charge is -2.44. The van der Waals surface area contributed by atoms with E-state index in [1.54, 1.807) is 0 Å². The SMILES string of the molecule is CC(C)(C)c1ccc(N(c2ccc(C(C)(C)C)cc2)c2cc3c(cc2-c2ccc4c(c2)C(C)(C)CCC4(C)C)B2c4sc5ccc(C(C)(C)C)cc5c4N(c4ccc(C(C)(C)C)cc4)c4cc(-c5ccccc5)cc(c42)N3c2ccc(C(C)(C)C)cc2)cc1. The zero-order valence-corrected chi connectivity index (χ0v) is 57.5. The van der Waals surface area contributed by atoms with Crippen LogP contribution < -0.4 is 30.4 Å². The van der Waals surface area contributed by atoms with Gasteiger partial charge < -0.3 is 14.7 Å². The Balaban J connectivity index is 1.20. The third-order valence-corrected chi connectivity index (χ3v) is 21.3. The van der Waals surface area contributed by atoms with E-state index >= 15 is 0 Å². The Morgan fingerprint density at radius 2 is 0.865 bits per heavy atom. The average molecular weight is 1190 g/mol. The van der Waals surface area contributed by atoms with E-state index in [1.165, 1.54) is 115 Å². The van der Waals surface area contributed by atoms with Crippen molar-refractivity contribution in [2.24, 2.45) is 0 Å². The minimum atomic E-state index is -0.119. The molecule has 89 heavy (non-hydrogen) atoms. The maximum Gasteiger partial charge on any atom is 0.264 e. The Labute approximate surface area is 538 Å². The van der Waals surface area contributed by atoms with Gasteiger partial charge >= 0.3 is 0 Å². The van der Waals surface area contributed by atoms with Gasteiger partial charge in [0, 0.05) is 60.2 Å². The summed E-state index contributed by atoms with van der Waals surface area (Å²) in [7, 11) is 0. The summed E-state index contributed by atoms with van der Waals surface area (Å²) < 4.78 is 2.68. The molecule has 0 bridgehead atoms. The van der Waals surface area contributed by atoms with Crippen molar-refractivity contribution in [3.63, 3.8) is 0 Å². The van der Waals surface area contributed by atoms with Gasteiger partial charge in [-0.2, -0.15) is 0 Å². The summed E-state index contributed by atoms with van der Waals surface area (Å²) in [4.78, 5) is 7.89. The zero-order chi connectivity index (χ0) is 63.3. The van der Waals surface area contributed by atoms with Crippen molar-refractivity contribution in [3.05, 3.63) is 227 Å². The molecule has 0 amide bonds. The minimum Gasteiger partial charge on any atom is -0.311 e. The van der Waals surface area contributed by atoms with Crippen LogP contribution in [0.2, 0.25) is 0 Å². The van der Waals surface area contributed by atoms with Gasteiger partial charge in [-0.05, 0) is 196 Å². The quantitative estimate of drug-likeness (QED) is 0.147. The number of hydrogen-bond acceptors (Lipinski definition) is 4. The van der Waals surface area contributed by atoms with Crippen molar-refractivity contribution < 1.29 is 0 Å². The Kier molecular flexibility index (Phi) is 14.2. The molecule has 0 atom stereocenters. The smallest absolute Gasteiger partial charge is 0.264 e. The number of anilines is 9. The van der Waals surface area contributed by atoms with Gasteiger partial charge in [-0.1, -0.05) is 241 Å². The molecule has 0 unspecified atom stereocenters.